The number of halogens is 1. The molecule has 1 aromatic carbocycles. The Labute approximate surface area is 87.1 Å². The Bertz CT molecular complexity index is 403. The van der Waals surface area contributed by atoms with Gasteiger partial charge >= 0.3 is 0 Å². The van der Waals surface area contributed by atoms with Crippen molar-refractivity contribution in [2.75, 3.05) is 6.38 Å². The summed E-state index contributed by atoms with van der Waals surface area (Å²) in [6.07, 6.45) is 1.47. The average Bonchev–Trinajstić information content (AvgIpc) is 2.64. The first-order valence-corrected chi connectivity index (χ1v) is 4.86. The number of imidazole rings is 1. The molecule has 4 heteroatoms. The van der Waals surface area contributed by atoms with Crippen LogP contribution in [0.2, 0.25) is 0 Å². The van der Waals surface area contributed by atoms with Gasteiger partial charge in [0.1, 0.15) is 0 Å². The molecule has 2 rings (SSSR count). The van der Waals surface area contributed by atoms with Crippen LogP contribution in [-0.4, -0.2) is 22.1 Å². The van der Waals surface area contributed by atoms with E-state index in [1.54, 1.807) is 0 Å². The Morgan fingerprint density at radius 1 is 1.36 bits per heavy atom. The molecule has 0 atom stereocenters. The molecule has 0 bridgehead atoms. The molecule has 0 radical (unpaired) electrons. The van der Waals surface area contributed by atoms with E-state index in [-0.39, 0.29) is 5.78 Å². The van der Waals surface area contributed by atoms with Gasteiger partial charge in [-0.15, -0.1) is 11.6 Å². The lowest BCUT2D eigenvalue weighted by molar-refractivity contribution is 0.100. The zero-order valence-electron chi connectivity index (χ0n) is 8.04. The topological polar surface area (TPSA) is 45.8 Å². The van der Waals surface area contributed by atoms with Gasteiger partial charge in [0.25, 0.3) is 0 Å². The molecule has 0 saturated heterocycles. The maximum absolute atomic E-state index is 10.9. The summed E-state index contributed by atoms with van der Waals surface area (Å²) in [5.74, 6) is 0.391. The number of nitrogens with zero attached hydrogens (tertiary/aromatic N) is 1. The van der Waals surface area contributed by atoms with E-state index in [2.05, 4.69) is 21.6 Å². The van der Waals surface area contributed by atoms with Crippen molar-refractivity contribution in [3.05, 3.63) is 30.1 Å². The van der Waals surface area contributed by atoms with Crippen LogP contribution in [-0.2, 0) is 0 Å². The molecule has 74 valence electrons. The largest absolute Gasteiger partial charge is 0.335 e. The van der Waals surface area contributed by atoms with Crippen molar-refractivity contribution < 1.29 is 4.79 Å². The van der Waals surface area contributed by atoms with Crippen LogP contribution in [0.15, 0.2) is 24.3 Å². The Hall–Kier alpha value is -1.35. The van der Waals surface area contributed by atoms with Crippen molar-refractivity contribution >= 4 is 28.4 Å². The molecule has 1 aromatic heterocycles. The lowest BCUT2D eigenvalue weighted by Gasteiger charge is -1.82. The third-order valence-electron chi connectivity index (χ3n) is 1.72. The second kappa shape index (κ2) is 4.77. The number of aromatic amines is 1. The molecule has 14 heavy (non-hydrogen) atoms. The van der Waals surface area contributed by atoms with Gasteiger partial charge in [-0.25, -0.2) is 4.98 Å². The summed E-state index contributed by atoms with van der Waals surface area (Å²) in [5, 5.41) is 0. The number of ketones is 1. The fourth-order valence-electron chi connectivity index (χ4n) is 1.12. The minimum absolute atomic E-state index is 0.0359. The van der Waals surface area contributed by atoms with E-state index in [4.69, 9.17) is 0 Å². The first-order chi connectivity index (χ1) is 6.77. The molecular weight excluding hydrogens is 200 g/mol. The molecule has 0 aliphatic heterocycles. The van der Waals surface area contributed by atoms with Gasteiger partial charge in [-0.05, 0) is 12.1 Å². The quantitative estimate of drug-likeness (QED) is 0.581. The predicted molar refractivity (Wildman–Crippen MR) is 57.9 cm³/mol. The van der Waals surface area contributed by atoms with Crippen LogP contribution < -0.4 is 0 Å². The molecule has 0 spiro atoms. The molecule has 0 fully saturated rings. The van der Waals surface area contributed by atoms with E-state index in [0.29, 0.717) is 5.82 Å². The van der Waals surface area contributed by atoms with Gasteiger partial charge in [-0.2, -0.15) is 0 Å². The third kappa shape index (κ3) is 2.12. The van der Waals surface area contributed by atoms with E-state index < -0.39 is 0 Å². The van der Waals surface area contributed by atoms with Gasteiger partial charge in [-0.1, -0.05) is 12.1 Å². The van der Waals surface area contributed by atoms with E-state index >= 15 is 0 Å². The Morgan fingerprint density at radius 3 is 2.57 bits per heavy atom. The number of rotatable bonds is 1. The summed E-state index contributed by atoms with van der Waals surface area (Å²) < 4.78 is 0. The molecule has 0 amide bonds. The van der Waals surface area contributed by atoms with E-state index in [0.717, 1.165) is 11.0 Å². The van der Waals surface area contributed by atoms with Crippen LogP contribution in [0.3, 0.4) is 0 Å². The van der Waals surface area contributed by atoms with Gasteiger partial charge in [-0.3, -0.25) is 4.79 Å². The number of fused-ring (bicyclic) bond motifs is 1. The van der Waals surface area contributed by atoms with Gasteiger partial charge in [0.2, 0.25) is 0 Å². The maximum Gasteiger partial charge on any atom is 0.195 e. The standard InChI is InChI=1S/C9H8N2O.CH3Cl/c1-6(12)9-10-7-4-2-3-5-8(7)11-9;1-2/h2-5H,1H3,(H,10,11);1H3. The number of benzene rings is 1. The predicted octanol–water partition coefficient (Wildman–Crippen LogP) is 2.62. The summed E-state index contributed by atoms with van der Waals surface area (Å²) in [6.45, 7) is 1.50. The Kier molecular flexibility index (Phi) is 3.65. The van der Waals surface area contributed by atoms with E-state index in [1.165, 1.54) is 13.3 Å². The zero-order valence-corrected chi connectivity index (χ0v) is 8.80. The average molecular weight is 211 g/mol. The monoisotopic (exact) mass is 210 g/mol. The van der Waals surface area contributed by atoms with E-state index in [9.17, 15) is 4.79 Å². The first-order valence-electron chi connectivity index (χ1n) is 4.11. The zero-order chi connectivity index (χ0) is 10.6. The summed E-state index contributed by atoms with van der Waals surface area (Å²) in [4.78, 5) is 18.0. The van der Waals surface area contributed by atoms with Crippen molar-refractivity contribution in [3.63, 3.8) is 0 Å². The number of nitrogens with one attached hydrogen (secondary N) is 1. The number of aromatic nitrogens is 2. The van der Waals surface area contributed by atoms with Crippen molar-refractivity contribution in [1.29, 1.82) is 0 Å². The second-order valence-electron chi connectivity index (χ2n) is 2.66. The van der Waals surface area contributed by atoms with E-state index in [1.807, 2.05) is 24.3 Å². The SMILES string of the molecule is CC(=O)c1nc2ccccc2[nH]1.CCl. The fourth-order valence-corrected chi connectivity index (χ4v) is 1.12. The van der Waals surface area contributed by atoms with Crippen LogP contribution in [0.1, 0.15) is 17.5 Å². The molecule has 0 aliphatic rings. The highest BCUT2D eigenvalue weighted by atomic mass is 35.5. The van der Waals surface area contributed by atoms with Crippen molar-refractivity contribution in [2.45, 2.75) is 6.92 Å². The fraction of sp³-hybridized carbons (Fsp3) is 0.200. The number of H-pyrrole nitrogens is 1. The van der Waals surface area contributed by atoms with Crippen LogP contribution in [0.5, 0.6) is 0 Å². The van der Waals surface area contributed by atoms with Crippen molar-refractivity contribution in [2.24, 2.45) is 0 Å². The molecule has 2 aromatic rings. The number of carbonyl (C=O) groups is 1. The highest BCUT2D eigenvalue weighted by Crippen LogP contribution is 2.09. The number of hydrogen-bond donors (Lipinski definition) is 1. The van der Waals surface area contributed by atoms with Crippen LogP contribution >= 0.6 is 11.6 Å². The van der Waals surface area contributed by atoms with Crippen LogP contribution in [0.4, 0.5) is 0 Å². The molecule has 1 heterocycles. The van der Waals surface area contributed by atoms with Crippen molar-refractivity contribution in [1.82, 2.24) is 9.97 Å². The highest BCUT2D eigenvalue weighted by Gasteiger charge is 2.04. The minimum Gasteiger partial charge on any atom is -0.335 e. The smallest absolute Gasteiger partial charge is 0.195 e. The highest BCUT2D eigenvalue weighted by molar-refractivity contribution is 6.15. The summed E-state index contributed by atoms with van der Waals surface area (Å²) in [6, 6.07) is 7.57. The minimum atomic E-state index is -0.0359. The van der Waals surface area contributed by atoms with Gasteiger partial charge < -0.3 is 4.98 Å². The van der Waals surface area contributed by atoms with Gasteiger partial charge in [0.05, 0.1) is 11.0 Å². The molecule has 0 unspecified atom stereocenters. The molecule has 0 saturated carbocycles. The Balaban J connectivity index is 0.000000461. The van der Waals surface area contributed by atoms with Crippen LogP contribution in [0, 0.1) is 0 Å². The number of alkyl halides is 1. The summed E-state index contributed by atoms with van der Waals surface area (Å²) in [5.41, 5.74) is 1.74. The Morgan fingerprint density at radius 2 is 2.00 bits per heavy atom. The molecular formula is C10H11ClN2O. The lowest BCUT2D eigenvalue weighted by Crippen LogP contribution is -1.93. The number of Topliss-reactive ketones (excluding diaryl/α,β-unsaturated/α-hetero) is 1. The molecule has 0 aliphatic carbocycles. The second-order valence-corrected chi connectivity index (χ2v) is 2.66. The molecule has 1 N–H and O–H groups in total. The lowest BCUT2D eigenvalue weighted by atomic mass is 10.3. The number of carbonyl (C=O) groups excluding carboxylic acids is 1. The molecule has 3 nitrogen and oxygen atoms in total. The summed E-state index contributed by atoms with van der Waals surface area (Å²) >= 11 is 4.64. The van der Waals surface area contributed by atoms with Gasteiger partial charge in [0.15, 0.2) is 11.6 Å². The van der Waals surface area contributed by atoms with Gasteiger partial charge in [0, 0.05) is 13.3 Å². The van der Waals surface area contributed by atoms with Crippen LogP contribution in [0.25, 0.3) is 11.0 Å². The first kappa shape index (κ1) is 10.7. The van der Waals surface area contributed by atoms with Crippen molar-refractivity contribution in [3.8, 4) is 0 Å². The maximum atomic E-state index is 10.9. The normalized spacial score (nSPS) is 9.36. The third-order valence-corrected chi connectivity index (χ3v) is 1.72. The number of para-hydroxylation sites is 2. The number of hydrogen-bond acceptors (Lipinski definition) is 2. The summed E-state index contributed by atoms with van der Waals surface area (Å²) in [7, 11) is 0.